The number of aromatic carboxylic acids is 1. The second-order valence-corrected chi connectivity index (χ2v) is 7.03. The van der Waals surface area contributed by atoms with Gasteiger partial charge in [0.15, 0.2) is 11.5 Å². The van der Waals surface area contributed by atoms with Crippen molar-refractivity contribution in [1.82, 2.24) is 24.8 Å². The van der Waals surface area contributed by atoms with E-state index in [1.165, 1.54) is 29.6 Å². The predicted octanol–water partition coefficient (Wildman–Crippen LogP) is 1.24. The third-order valence-corrected chi connectivity index (χ3v) is 4.81. The molecule has 2 aromatic heterocycles. The van der Waals surface area contributed by atoms with Crippen molar-refractivity contribution in [1.29, 1.82) is 0 Å². The van der Waals surface area contributed by atoms with Gasteiger partial charge in [-0.25, -0.2) is 14.8 Å². The fourth-order valence-corrected chi connectivity index (χ4v) is 3.13. The monoisotopic (exact) mass is 415 g/mol. The molecular weight excluding hydrogens is 398 g/mol. The van der Waals surface area contributed by atoms with Gasteiger partial charge in [-0.15, -0.1) is 0 Å². The Balaban J connectivity index is 1.73. The summed E-state index contributed by atoms with van der Waals surface area (Å²) in [6.45, 7) is 0.436. The van der Waals surface area contributed by atoms with Gasteiger partial charge in [0.2, 0.25) is 5.60 Å². The van der Waals surface area contributed by atoms with E-state index in [0.29, 0.717) is 29.1 Å². The lowest BCUT2D eigenvalue weighted by Crippen LogP contribution is -2.37. The molecule has 154 valence electrons. The molecule has 1 amide bonds. The van der Waals surface area contributed by atoms with Crippen LogP contribution in [0.15, 0.2) is 48.9 Å². The van der Waals surface area contributed by atoms with E-state index in [0.717, 1.165) is 0 Å². The summed E-state index contributed by atoms with van der Waals surface area (Å²) in [7, 11) is 1.62. The first-order valence-corrected chi connectivity index (χ1v) is 9.36. The molecule has 1 aromatic carbocycles. The topological polar surface area (TPSA) is 129 Å². The Labute approximate surface area is 177 Å². The summed E-state index contributed by atoms with van der Waals surface area (Å²) >= 11 is 0. The molecule has 1 aliphatic heterocycles. The first-order valence-electron chi connectivity index (χ1n) is 9.36. The van der Waals surface area contributed by atoms with Crippen molar-refractivity contribution in [3.8, 4) is 34.6 Å². The number of carboxylic acids is 1. The number of amides is 1. The molecule has 1 unspecified atom stereocenters. The smallest absolute Gasteiger partial charge is 0.354 e. The van der Waals surface area contributed by atoms with Gasteiger partial charge < -0.3 is 15.1 Å². The highest BCUT2D eigenvalue weighted by Gasteiger charge is 2.42. The van der Waals surface area contributed by atoms with Gasteiger partial charge in [-0.05, 0) is 18.2 Å². The van der Waals surface area contributed by atoms with Crippen molar-refractivity contribution in [2.75, 3.05) is 13.6 Å². The Bertz CT molecular complexity index is 1240. The van der Waals surface area contributed by atoms with E-state index in [1.54, 1.807) is 31.3 Å². The molecule has 1 fully saturated rings. The SMILES string of the molecule is CN1CCC(O)(C#Cc2cccc(-c3nc(C(=O)O)cc(-c4cnccn4)n3)c2)C1=O. The van der Waals surface area contributed by atoms with Crippen LogP contribution in [0.4, 0.5) is 0 Å². The number of nitrogens with zero attached hydrogens (tertiary/aromatic N) is 5. The largest absolute Gasteiger partial charge is 0.477 e. The number of aliphatic hydroxyl groups is 1. The van der Waals surface area contributed by atoms with Crippen LogP contribution in [-0.2, 0) is 4.79 Å². The van der Waals surface area contributed by atoms with Crippen molar-refractivity contribution < 1.29 is 19.8 Å². The van der Waals surface area contributed by atoms with Crippen LogP contribution in [0.2, 0.25) is 0 Å². The highest BCUT2D eigenvalue weighted by Crippen LogP contribution is 2.23. The normalized spacial score (nSPS) is 17.9. The molecule has 0 aliphatic carbocycles. The fourth-order valence-electron chi connectivity index (χ4n) is 3.13. The molecule has 9 heteroatoms. The van der Waals surface area contributed by atoms with Crippen LogP contribution in [0.3, 0.4) is 0 Å². The van der Waals surface area contributed by atoms with Gasteiger partial charge in [0, 0.05) is 43.5 Å². The molecule has 31 heavy (non-hydrogen) atoms. The maximum absolute atomic E-state index is 12.1. The molecule has 0 radical (unpaired) electrons. The van der Waals surface area contributed by atoms with E-state index >= 15 is 0 Å². The molecule has 0 saturated carbocycles. The van der Waals surface area contributed by atoms with Crippen LogP contribution in [0.1, 0.15) is 22.5 Å². The Kier molecular flexibility index (Phi) is 5.15. The van der Waals surface area contributed by atoms with Crippen LogP contribution in [0, 0.1) is 11.8 Å². The Hall–Kier alpha value is -4.16. The van der Waals surface area contributed by atoms with Crippen molar-refractivity contribution in [2.45, 2.75) is 12.0 Å². The molecule has 1 aliphatic rings. The first-order chi connectivity index (χ1) is 14.9. The number of hydrogen-bond donors (Lipinski definition) is 2. The molecule has 3 heterocycles. The third-order valence-electron chi connectivity index (χ3n) is 4.81. The summed E-state index contributed by atoms with van der Waals surface area (Å²) < 4.78 is 0. The zero-order valence-corrected chi connectivity index (χ0v) is 16.5. The minimum Gasteiger partial charge on any atom is -0.477 e. The number of likely N-dealkylation sites (tertiary alicyclic amines) is 1. The third kappa shape index (κ3) is 4.10. The first kappa shape index (κ1) is 20.1. The molecule has 2 N–H and O–H groups in total. The summed E-state index contributed by atoms with van der Waals surface area (Å²) in [4.78, 5) is 41.8. The van der Waals surface area contributed by atoms with Crippen molar-refractivity contribution in [2.24, 2.45) is 0 Å². The van der Waals surface area contributed by atoms with Crippen LogP contribution >= 0.6 is 0 Å². The highest BCUT2D eigenvalue weighted by molar-refractivity contribution is 5.90. The maximum Gasteiger partial charge on any atom is 0.354 e. The number of carbonyl (C=O) groups excluding carboxylic acids is 1. The second kappa shape index (κ2) is 7.93. The van der Waals surface area contributed by atoms with Crippen LogP contribution in [0.5, 0.6) is 0 Å². The fraction of sp³-hybridized carbons (Fsp3) is 0.182. The minimum absolute atomic E-state index is 0.180. The van der Waals surface area contributed by atoms with Gasteiger partial charge in [0.1, 0.15) is 5.69 Å². The van der Waals surface area contributed by atoms with Gasteiger partial charge in [0.05, 0.1) is 11.9 Å². The Morgan fingerprint density at radius 2 is 2.03 bits per heavy atom. The average molecular weight is 415 g/mol. The summed E-state index contributed by atoms with van der Waals surface area (Å²) in [6.07, 6.45) is 4.71. The summed E-state index contributed by atoms with van der Waals surface area (Å²) in [5.41, 5.74) is -0.0999. The van der Waals surface area contributed by atoms with Crippen LogP contribution < -0.4 is 0 Å². The predicted molar refractivity (Wildman–Crippen MR) is 110 cm³/mol. The quantitative estimate of drug-likeness (QED) is 0.612. The average Bonchev–Trinajstić information content (AvgIpc) is 3.06. The van der Waals surface area contributed by atoms with Gasteiger partial charge in [0.25, 0.3) is 5.91 Å². The molecule has 1 saturated heterocycles. The van der Waals surface area contributed by atoms with E-state index in [9.17, 15) is 19.8 Å². The lowest BCUT2D eigenvalue weighted by Gasteiger charge is -2.13. The number of carbonyl (C=O) groups is 2. The van der Waals surface area contributed by atoms with Gasteiger partial charge in [-0.3, -0.25) is 14.8 Å². The summed E-state index contributed by atoms with van der Waals surface area (Å²) in [6, 6.07) is 8.15. The number of rotatable bonds is 3. The molecule has 1 atom stereocenters. The molecule has 3 aromatic rings. The number of benzene rings is 1. The van der Waals surface area contributed by atoms with E-state index in [1.807, 2.05) is 0 Å². The van der Waals surface area contributed by atoms with Crippen molar-refractivity contribution in [3.63, 3.8) is 0 Å². The Morgan fingerprint density at radius 1 is 1.19 bits per heavy atom. The molecule has 4 rings (SSSR count). The zero-order chi connectivity index (χ0) is 22.0. The van der Waals surface area contributed by atoms with E-state index in [4.69, 9.17) is 0 Å². The van der Waals surface area contributed by atoms with Crippen molar-refractivity contribution >= 4 is 11.9 Å². The van der Waals surface area contributed by atoms with Crippen LogP contribution in [-0.4, -0.2) is 66.1 Å². The summed E-state index contributed by atoms with van der Waals surface area (Å²) in [5.74, 6) is 4.04. The number of carboxylic acid groups (broad SMARTS) is 1. The lowest BCUT2D eigenvalue weighted by atomic mass is 10.0. The number of aromatic nitrogens is 4. The van der Waals surface area contributed by atoms with Gasteiger partial charge >= 0.3 is 5.97 Å². The standard InChI is InChI=1S/C22H17N5O4/c1-27-10-7-22(31,21(27)30)6-5-14-3-2-4-15(11-14)19-25-16(12-17(26-19)20(28)29)18-13-23-8-9-24-18/h2-4,8-9,11-13,31H,7,10H2,1H3,(H,28,29). The number of likely N-dealkylation sites (N-methyl/N-ethyl adjacent to an activating group) is 1. The highest BCUT2D eigenvalue weighted by atomic mass is 16.4. The molecule has 0 spiro atoms. The van der Waals surface area contributed by atoms with Gasteiger partial charge in [-0.2, -0.15) is 0 Å². The maximum atomic E-state index is 12.1. The molecule has 0 bridgehead atoms. The Morgan fingerprint density at radius 3 is 2.71 bits per heavy atom. The van der Waals surface area contributed by atoms with Gasteiger partial charge in [-0.1, -0.05) is 24.0 Å². The van der Waals surface area contributed by atoms with Crippen LogP contribution in [0.25, 0.3) is 22.8 Å². The van der Waals surface area contributed by atoms with E-state index < -0.39 is 17.5 Å². The second-order valence-electron chi connectivity index (χ2n) is 7.03. The van der Waals surface area contributed by atoms with E-state index in [2.05, 4.69) is 31.8 Å². The minimum atomic E-state index is -1.70. The van der Waals surface area contributed by atoms with Crippen molar-refractivity contribution in [3.05, 3.63) is 60.2 Å². The number of hydrogen-bond acceptors (Lipinski definition) is 7. The summed E-state index contributed by atoms with van der Waals surface area (Å²) in [5, 5.41) is 19.9. The molecule has 9 nitrogen and oxygen atoms in total. The lowest BCUT2D eigenvalue weighted by molar-refractivity contribution is -0.137. The molecular formula is C22H17N5O4. The zero-order valence-electron chi connectivity index (χ0n) is 16.5. The van der Waals surface area contributed by atoms with E-state index in [-0.39, 0.29) is 17.9 Å².